The van der Waals surface area contributed by atoms with Crippen LogP contribution in [-0.4, -0.2) is 16.3 Å². The first-order valence-corrected chi connectivity index (χ1v) is 5.38. The second-order valence-corrected chi connectivity index (χ2v) is 4.65. The van der Waals surface area contributed by atoms with Crippen molar-refractivity contribution in [1.82, 2.24) is 0 Å². The van der Waals surface area contributed by atoms with Crippen LogP contribution >= 0.6 is 15.9 Å². The van der Waals surface area contributed by atoms with E-state index >= 15 is 0 Å². The third-order valence-electron chi connectivity index (χ3n) is 0.729. The number of rotatable bonds is 4. The van der Waals surface area contributed by atoms with Crippen molar-refractivity contribution < 1.29 is 28.3 Å². The average molecular weight is 190 g/mol. The second-order valence-electron chi connectivity index (χ2n) is 1.37. The van der Waals surface area contributed by atoms with Gasteiger partial charge in [-0.25, -0.2) is 9.57 Å². The van der Waals surface area contributed by atoms with Crippen LogP contribution in [0.2, 0.25) is 0 Å². The highest BCUT2D eigenvalue weighted by Gasteiger charge is 2.24. The lowest BCUT2D eigenvalue weighted by Gasteiger charge is -2.08. The molecular weight excluding hydrogens is 182 g/mol. The Morgan fingerprint density at radius 2 is 2.20 bits per heavy atom. The van der Waals surface area contributed by atoms with Crippen LogP contribution in [0.25, 0.3) is 0 Å². The van der Waals surface area contributed by atoms with Crippen LogP contribution in [0.5, 0.6) is 0 Å². The molecule has 0 aliphatic carbocycles. The first-order valence-electron chi connectivity index (χ1n) is 2.39. The topological polar surface area (TPSA) is 93.1 Å². The maximum atomic E-state index is 10.7. The zero-order valence-electron chi connectivity index (χ0n) is 5.18. The smallest absolute Gasteiger partial charge is 0.326 e. The van der Waals surface area contributed by atoms with Crippen LogP contribution < -0.4 is 0 Å². The molecule has 0 fully saturated rings. The minimum Gasteiger partial charge on any atom is -0.326 e. The highest BCUT2D eigenvalue weighted by molar-refractivity contribution is 7.60. The summed E-state index contributed by atoms with van der Waals surface area (Å²) in [5.41, 5.74) is 0. The fourth-order valence-corrected chi connectivity index (χ4v) is 1.97. The van der Waals surface area contributed by atoms with Crippen molar-refractivity contribution in [2.45, 2.75) is 6.92 Å². The van der Waals surface area contributed by atoms with Gasteiger partial charge < -0.3 is 4.89 Å². The summed E-state index contributed by atoms with van der Waals surface area (Å²) in [6.45, 7) is 1.39. The predicted octanol–water partition coefficient (Wildman–Crippen LogP) is 1.09. The van der Waals surface area contributed by atoms with E-state index in [9.17, 15) is 9.13 Å². The lowest BCUT2D eigenvalue weighted by molar-refractivity contribution is -0.144. The van der Waals surface area contributed by atoms with Gasteiger partial charge in [-0.05, 0) is 0 Å². The summed E-state index contributed by atoms with van der Waals surface area (Å²) in [5, 5.41) is 7.91. The lowest BCUT2D eigenvalue weighted by atomic mass is 11.0. The molecule has 0 aliphatic rings. The Morgan fingerprint density at radius 1 is 1.70 bits per heavy atom. The van der Waals surface area contributed by atoms with Gasteiger partial charge in [-0.15, -0.1) is 0 Å². The molecule has 0 saturated carbocycles. The fourth-order valence-electron chi connectivity index (χ4n) is 0.258. The zero-order valence-corrected chi connectivity index (χ0v) is 7.08. The van der Waals surface area contributed by atoms with Crippen LogP contribution in [0.3, 0.4) is 0 Å². The maximum Gasteiger partial charge on any atom is 0.364 e. The molecule has 0 radical (unpaired) electrons. The van der Waals surface area contributed by atoms with E-state index in [-0.39, 0.29) is 6.16 Å². The molecule has 0 rings (SSSR count). The van der Waals surface area contributed by atoms with Crippen molar-refractivity contribution in [2.24, 2.45) is 0 Å². The SMILES string of the molecule is CCP(=O)(OO)O[PH](=O)O. The van der Waals surface area contributed by atoms with Crippen LogP contribution in [-0.2, 0) is 18.1 Å². The van der Waals surface area contributed by atoms with Gasteiger partial charge in [0.15, 0.2) is 0 Å². The molecule has 0 aromatic rings. The second kappa shape index (κ2) is 4.23. The molecule has 2 unspecified atom stereocenters. The highest BCUT2D eigenvalue weighted by atomic mass is 31.2. The van der Waals surface area contributed by atoms with Crippen LogP contribution in [0.4, 0.5) is 0 Å². The third kappa shape index (κ3) is 3.46. The summed E-state index contributed by atoms with van der Waals surface area (Å²) in [6, 6.07) is 0. The van der Waals surface area contributed by atoms with Crippen LogP contribution in [0, 0.1) is 0 Å². The lowest BCUT2D eigenvalue weighted by Crippen LogP contribution is -1.88. The summed E-state index contributed by atoms with van der Waals surface area (Å²) in [7, 11) is -7.01. The molecule has 62 valence electrons. The first-order chi connectivity index (χ1) is 4.54. The summed E-state index contributed by atoms with van der Waals surface area (Å²) in [4.78, 5) is 8.11. The molecule has 0 saturated heterocycles. The van der Waals surface area contributed by atoms with Gasteiger partial charge in [0.1, 0.15) is 0 Å². The van der Waals surface area contributed by atoms with E-state index in [0.29, 0.717) is 0 Å². The monoisotopic (exact) mass is 190 g/mol. The number of hydrogen-bond acceptors (Lipinski definition) is 5. The van der Waals surface area contributed by atoms with Crippen molar-refractivity contribution in [1.29, 1.82) is 0 Å². The molecule has 0 bridgehead atoms. The van der Waals surface area contributed by atoms with E-state index in [1.54, 1.807) is 0 Å². The Morgan fingerprint density at radius 3 is 2.30 bits per heavy atom. The molecule has 10 heavy (non-hydrogen) atoms. The van der Waals surface area contributed by atoms with E-state index in [1.807, 2.05) is 0 Å². The Bertz CT molecular complexity index is 157. The normalized spacial score (nSPS) is 19.9. The molecule has 2 N–H and O–H groups in total. The Balaban J connectivity index is 4.07. The minimum absolute atomic E-state index is 0.152. The quantitative estimate of drug-likeness (QED) is 0.391. The van der Waals surface area contributed by atoms with Crippen LogP contribution in [0.1, 0.15) is 6.92 Å². The van der Waals surface area contributed by atoms with Crippen molar-refractivity contribution in [3.8, 4) is 0 Å². The van der Waals surface area contributed by atoms with Crippen LogP contribution in [0.15, 0.2) is 0 Å². The Kier molecular flexibility index (Phi) is 4.36. The molecule has 0 aromatic carbocycles. The van der Waals surface area contributed by atoms with E-state index < -0.39 is 15.9 Å². The molecule has 0 amide bonds. The molecular formula is C2H8O6P2. The number of hydrogen-bond donors (Lipinski definition) is 2. The van der Waals surface area contributed by atoms with Gasteiger partial charge in [-0.3, -0.25) is 9.13 Å². The summed E-state index contributed by atoms with van der Waals surface area (Å²) < 4.78 is 28.0. The minimum atomic E-state index is -3.70. The Hall–Kier alpha value is 0.300. The van der Waals surface area contributed by atoms with Crippen molar-refractivity contribution in [2.75, 3.05) is 6.16 Å². The molecule has 0 aliphatic heterocycles. The van der Waals surface area contributed by atoms with E-state index in [4.69, 9.17) is 10.2 Å². The van der Waals surface area contributed by atoms with Gasteiger partial charge in [0.25, 0.3) is 0 Å². The van der Waals surface area contributed by atoms with Gasteiger partial charge in [0.05, 0.1) is 0 Å². The maximum absolute atomic E-state index is 10.7. The third-order valence-corrected chi connectivity index (χ3v) is 3.49. The average Bonchev–Trinajstić information content (AvgIpc) is 1.87. The van der Waals surface area contributed by atoms with Gasteiger partial charge in [-0.2, -0.15) is 4.67 Å². The summed E-state index contributed by atoms with van der Waals surface area (Å²) >= 11 is 0. The highest BCUT2D eigenvalue weighted by Crippen LogP contribution is 2.53. The van der Waals surface area contributed by atoms with Crippen molar-refractivity contribution in [3.63, 3.8) is 0 Å². The predicted molar refractivity (Wildman–Crippen MR) is 34.2 cm³/mol. The van der Waals surface area contributed by atoms with Gasteiger partial charge >= 0.3 is 15.9 Å². The largest absolute Gasteiger partial charge is 0.364 e. The summed E-state index contributed by atoms with van der Waals surface area (Å²) in [5.74, 6) is 0. The Labute approximate surface area is 58.2 Å². The first kappa shape index (κ1) is 10.3. The molecule has 2 atom stereocenters. The molecule has 8 heteroatoms. The molecule has 0 aromatic heterocycles. The fraction of sp³-hybridized carbons (Fsp3) is 1.00. The van der Waals surface area contributed by atoms with E-state index in [0.717, 1.165) is 0 Å². The zero-order chi connectivity index (χ0) is 8.20. The molecule has 0 spiro atoms. The summed E-state index contributed by atoms with van der Waals surface area (Å²) in [6.07, 6.45) is -0.152. The molecule has 6 nitrogen and oxygen atoms in total. The van der Waals surface area contributed by atoms with E-state index in [2.05, 4.69) is 8.99 Å². The van der Waals surface area contributed by atoms with Crippen molar-refractivity contribution in [3.05, 3.63) is 0 Å². The van der Waals surface area contributed by atoms with Gasteiger partial charge in [0, 0.05) is 6.16 Å². The molecule has 0 heterocycles. The van der Waals surface area contributed by atoms with Gasteiger partial charge in [0.2, 0.25) is 0 Å². The van der Waals surface area contributed by atoms with Crippen molar-refractivity contribution >= 4 is 15.9 Å². The van der Waals surface area contributed by atoms with Gasteiger partial charge in [-0.1, -0.05) is 6.92 Å². The van der Waals surface area contributed by atoms with E-state index in [1.165, 1.54) is 6.92 Å². The standard InChI is InChI=1S/C2H8O6P2/c1-2-10(6,7-3)8-9(4)5/h3,9H,2H2,1H3,(H,4,5).